The number of hydrogen-bond donors (Lipinski definition) is 1. The molecule has 41 heavy (non-hydrogen) atoms. The van der Waals surface area contributed by atoms with Crippen LogP contribution in [0.4, 0.5) is 17.6 Å². The zero-order valence-corrected chi connectivity index (χ0v) is 23.4. The van der Waals surface area contributed by atoms with Gasteiger partial charge in [0.1, 0.15) is 18.2 Å². The van der Waals surface area contributed by atoms with Crippen LogP contribution in [0.5, 0.6) is 5.88 Å². The summed E-state index contributed by atoms with van der Waals surface area (Å²) in [6.07, 6.45) is -0.748. The molecule has 1 aromatic carbocycles. The van der Waals surface area contributed by atoms with Gasteiger partial charge in [-0.05, 0) is 76.0 Å². The van der Waals surface area contributed by atoms with E-state index in [-0.39, 0.29) is 46.8 Å². The Labute approximate surface area is 235 Å². The maximum atomic E-state index is 13.8. The molecule has 222 valence electrons. The SMILES string of the molecule is Cc1nc(O[C@H]2CC[C@H](c3ccc(F)c(C(F)(F)F)c3)C[C@@H]2N(C)C)ccc1S(=O)(=O)Cc1ccncn1.O=CO. The van der Waals surface area contributed by atoms with E-state index in [0.29, 0.717) is 30.5 Å². The van der Waals surface area contributed by atoms with E-state index in [2.05, 4.69) is 15.0 Å². The van der Waals surface area contributed by atoms with Crippen LogP contribution in [0, 0.1) is 12.7 Å². The van der Waals surface area contributed by atoms with Crippen molar-refractivity contribution < 1.29 is 40.6 Å². The number of nitrogens with zero attached hydrogens (tertiary/aromatic N) is 4. The largest absolute Gasteiger partial charge is 0.483 e. The van der Waals surface area contributed by atoms with Crippen molar-refractivity contribution in [1.82, 2.24) is 19.9 Å². The molecule has 14 heteroatoms. The number of halogens is 4. The van der Waals surface area contributed by atoms with Crippen LogP contribution in [-0.2, 0) is 26.6 Å². The molecule has 1 fully saturated rings. The fourth-order valence-electron chi connectivity index (χ4n) is 4.87. The van der Waals surface area contributed by atoms with Gasteiger partial charge in [0.05, 0.1) is 27.6 Å². The summed E-state index contributed by atoms with van der Waals surface area (Å²) in [6, 6.07) is 7.53. The predicted molar refractivity (Wildman–Crippen MR) is 140 cm³/mol. The van der Waals surface area contributed by atoms with Gasteiger partial charge in [0, 0.05) is 18.3 Å². The molecule has 3 atom stereocenters. The lowest BCUT2D eigenvalue weighted by atomic mass is 9.79. The summed E-state index contributed by atoms with van der Waals surface area (Å²) in [4.78, 5) is 22.5. The second kappa shape index (κ2) is 13.3. The number of benzene rings is 1. The number of carbonyl (C=O) groups is 1. The summed E-state index contributed by atoms with van der Waals surface area (Å²) in [5, 5.41) is 6.89. The second-order valence-corrected chi connectivity index (χ2v) is 11.7. The van der Waals surface area contributed by atoms with Crippen LogP contribution in [0.2, 0.25) is 0 Å². The topological polar surface area (TPSA) is 123 Å². The average molecular weight is 599 g/mol. The first-order valence-corrected chi connectivity index (χ1v) is 14.1. The number of aryl methyl sites for hydroxylation is 1. The van der Waals surface area contributed by atoms with Crippen LogP contribution in [-0.4, -0.2) is 66.1 Å². The van der Waals surface area contributed by atoms with E-state index in [1.54, 1.807) is 6.92 Å². The molecule has 1 aliphatic carbocycles. The molecule has 1 aliphatic rings. The number of aromatic nitrogens is 3. The van der Waals surface area contributed by atoms with Crippen LogP contribution < -0.4 is 4.74 Å². The molecular formula is C27H30F4N4O5S. The molecule has 1 saturated carbocycles. The van der Waals surface area contributed by atoms with E-state index in [0.717, 1.165) is 12.1 Å². The standard InChI is InChI=1S/C26H28F4N4O3S.CH2O2/c1-16-24(38(35,36)14-19-10-11-31-15-32-19)8-9-25(33-16)37-23-7-5-18(13-22(23)34(2)3)17-4-6-21(27)20(12-17)26(28,29)30;2-1-3/h4,6,8-12,15,18,22-23H,5,7,13-14H2,1-3H3;1H,(H,2,3)/t18-,22-,23-;/m0./s1. The molecule has 3 aromatic rings. The molecule has 2 aromatic heterocycles. The zero-order chi connectivity index (χ0) is 30.4. The summed E-state index contributed by atoms with van der Waals surface area (Å²) >= 11 is 0. The van der Waals surface area contributed by atoms with E-state index >= 15 is 0 Å². The van der Waals surface area contributed by atoms with Crippen molar-refractivity contribution in [2.45, 2.75) is 61.1 Å². The number of alkyl halides is 3. The van der Waals surface area contributed by atoms with Crippen LogP contribution in [0.15, 0.2) is 53.8 Å². The van der Waals surface area contributed by atoms with Crippen LogP contribution >= 0.6 is 0 Å². The van der Waals surface area contributed by atoms with Crippen LogP contribution in [0.25, 0.3) is 0 Å². The second-order valence-electron chi connectivity index (χ2n) is 9.73. The highest BCUT2D eigenvalue weighted by atomic mass is 32.2. The van der Waals surface area contributed by atoms with Gasteiger partial charge in [0.15, 0.2) is 9.84 Å². The average Bonchev–Trinajstić information content (AvgIpc) is 2.89. The normalized spacial score (nSPS) is 19.3. The molecule has 9 nitrogen and oxygen atoms in total. The summed E-state index contributed by atoms with van der Waals surface area (Å²) < 4.78 is 85.5. The van der Waals surface area contributed by atoms with Crippen LogP contribution in [0.3, 0.4) is 0 Å². The van der Waals surface area contributed by atoms with Crippen molar-refractivity contribution >= 4 is 16.3 Å². The van der Waals surface area contributed by atoms with Crippen molar-refractivity contribution in [3.05, 3.63) is 77.3 Å². The van der Waals surface area contributed by atoms with Crippen molar-refractivity contribution in [2.24, 2.45) is 0 Å². The predicted octanol–water partition coefficient (Wildman–Crippen LogP) is 4.66. The smallest absolute Gasteiger partial charge is 0.419 e. The van der Waals surface area contributed by atoms with Gasteiger partial charge < -0.3 is 14.7 Å². The van der Waals surface area contributed by atoms with E-state index in [4.69, 9.17) is 14.6 Å². The summed E-state index contributed by atoms with van der Waals surface area (Å²) in [7, 11) is 0.0192. The third-order valence-electron chi connectivity index (χ3n) is 6.79. The monoisotopic (exact) mass is 598 g/mol. The molecule has 0 unspecified atom stereocenters. The highest BCUT2D eigenvalue weighted by Crippen LogP contribution is 2.39. The summed E-state index contributed by atoms with van der Waals surface area (Å²) in [5.41, 5.74) is -0.160. The number of sulfone groups is 1. The highest BCUT2D eigenvalue weighted by molar-refractivity contribution is 7.90. The number of likely N-dealkylation sites (N-methyl/N-ethyl adjacent to an activating group) is 1. The maximum absolute atomic E-state index is 13.8. The molecule has 0 saturated heterocycles. The number of rotatable bonds is 7. The van der Waals surface area contributed by atoms with Gasteiger partial charge in [0.25, 0.3) is 6.47 Å². The zero-order valence-electron chi connectivity index (χ0n) is 22.5. The fourth-order valence-corrected chi connectivity index (χ4v) is 6.35. The van der Waals surface area contributed by atoms with E-state index in [1.807, 2.05) is 19.0 Å². The Morgan fingerprint density at radius 3 is 2.44 bits per heavy atom. The first-order valence-electron chi connectivity index (χ1n) is 12.5. The lowest BCUT2D eigenvalue weighted by Gasteiger charge is -2.39. The molecule has 0 bridgehead atoms. The minimum absolute atomic E-state index is 0.0770. The van der Waals surface area contributed by atoms with E-state index < -0.39 is 27.4 Å². The molecule has 0 spiro atoms. The van der Waals surface area contributed by atoms with E-state index in [9.17, 15) is 26.0 Å². The Balaban J connectivity index is 0.00000147. The number of ether oxygens (including phenoxy) is 1. The Hall–Kier alpha value is -3.65. The maximum Gasteiger partial charge on any atom is 0.419 e. The Bertz CT molecular complexity index is 1440. The number of carboxylic acid groups (broad SMARTS) is 1. The third kappa shape index (κ3) is 8.19. The Kier molecular flexibility index (Phi) is 10.4. The van der Waals surface area contributed by atoms with Gasteiger partial charge in [-0.25, -0.2) is 27.8 Å². The van der Waals surface area contributed by atoms with Gasteiger partial charge >= 0.3 is 6.18 Å². The van der Waals surface area contributed by atoms with Crippen molar-refractivity contribution in [3.8, 4) is 5.88 Å². The van der Waals surface area contributed by atoms with Gasteiger partial charge in [-0.15, -0.1) is 0 Å². The molecular weight excluding hydrogens is 568 g/mol. The lowest BCUT2D eigenvalue weighted by molar-refractivity contribution is -0.140. The lowest BCUT2D eigenvalue weighted by Crippen LogP contribution is -2.46. The molecule has 0 amide bonds. The fraction of sp³-hybridized carbons (Fsp3) is 0.407. The highest BCUT2D eigenvalue weighted by Gasteiger charge is 2.38. The van der Waals surface area contributed by atoms with Gasteiger partial charge in [-0.2, -0.15) is 13.2 Å². The quantitative estimate of drug-likeness (QED) is 0.306. The van der Waals surface area contributed by atoms with Gasteiger partial charge in [-0.1, -0.05) is 6.07 Å². The Morgan fingerprint density at radius 2 is 1.85 bits per heavy atom. The van der Waals surface area contributed by atoms with Gasteiger partial charge in [0.2, 0.25) is 5.88 Å². The molecule has 1 N–H and O–H groups in total. The first kappa shape index (κ1) is 31.9. The third-order valence-corrected chi connectivity index (χ3v) is 8.56. The summed E-state index contributed by atoms with van der Waals surface area (Å²) in [5.74, 6) is -1.51. The van der Waals surface area contributed by atoms with E-state index in [1.165, 1.54) is 36.8 Å². The number of hydrogen-bond acceptors (Lipinski definition) is 8. The minimum Gasteiger partial charge on any atom is -0.483 e. The Morgan fingerprint density at radius 1 is 1.15 bits per heavy atom. The minimum atomic E-state index is -4.76. The van der Waals surface area contributed by atoms with Crippen molar-refractivity contribution in [2.75, 3.05) is 14.1 Å². The molecule has 0 radical (unpaired) electrons. The van der Waals surface area contributed by atoms with Crippen molar-refractivity contribution in [1.29, 1.82) is 0 Å². The molecule has 0 aliphatic heterocycles. The number of pyridine rings is 1. The van der Waals surface area contributed by atoms with Crippen LogP contribution in [0.1, 0.15) is 47.7 Å². The van der Waals surface area contributed by atoms with Gasteiger partial charge in [-0.3, -0.25) is 4.79 Å². The van der Waals surface area contributed by atoms with Crippen molar-refractivity contribution in [3.63, 3.8) is 0 Å². The summed E-state index contributed by atoms with van der Waals surface area (Å²) in [6.45, 7) is 1.34. The first-order chi connectivity index (χ1) is 19.3. The molecule has 4 rings (SSSR count). The molecule has 2 heterocycles.